The van der Waals surface area contributed by atoms with E-state index in [0.29, 0.717) is 16.7 Å². The van der Waals surface area contributed by atoms with Gasteiger partial charge in [-0.25, -0.2) is 8.78 Å². The molecule has 0 heterocycles. The Morgan fingerprint density at radius 1 is 1.10 bits per heavy atom. The zero-order valence-corrected chi connectivity index (χ0v) is 11.0. The van der Waals surface area contributed by atoms with Gasteiger partial charge in [0.1, 0.15) is 12.8 Å². The molecular weight excluding hydrogens is 274 g/mol. The van der Waals surface area contributed by atoms with Crippen molar-refractivity contribution in [3.8, 4) is 6.07 Å². The summed E-state index contributed by atoms with van der Waals surface area (Å²) >= 11 is 0. The molecule has 0 spiro atoms. The van der Waals surface area contributed by atoms with E-state index >= 15 is 0 Å². The molecule has 0 amide bonds. The van der Waals surface area contributed by atoms with Crippen molar-refractivity contribution in [2.75, 3.05) is 0 Å². The van der Waals surface area contributed by atoms with Gasteiger partial charge in [0.25, 0.3) is 6.43 Å². The summed E-state index contributed by atoms with van der Waals surface area (Å²) in [6, 6.07) is 14.8. The molecule has 0 N–H and O–H groups in total. The van der Waals surface area contributed by atoms with Crippen LogP contribution in [0.1, 0.15) is 28.7 Å². The van der Waals surface area contributed by atoms with Crippen LogP contribution in [0.5, 0.6) is 0 Å². The molecule has 5 heteroatoms. The highest BCUT2D eigenvalue weighted by Crippen LogP contribution is 2.19. The number of halogens is 2. The largest absolute Gasteiger partial charge is 0.390 e. The molecular formula is C16H11F2N2O. The first-order chi connectivity index (χ1) is 10.2. The minimum atomic E-state index is -2.51. The van der Waals surface area contributed by atoms with Gasteiger partial charge in [0.2, 0.25) is 0 Å². The topological polar surface area (TPSA) is 45.4 Å². The van der Waals surface area contributed by atoms with Gasteiger partial charge in [0.15, 0.2) is 0 Å². The van der Waals surface area contributed by atoms with Gasteiger partial charge in [-0.05, 0) is 17.7 Å². The lowest BCUT2D eigenvalue weighted by Gasteiger charge is -2.03. The number of nitriles is 1. The third-order valence-electron chi connectivity index (χ3n) is 2.71. The van der Waals surface area contributed by atoms with Crippen molar-refractivity contribution in [3.05, 3.63) is 70.8 Å². The summed E-state index contributed by atoms with van der Waals surface area (Å²) in [5, 5.41) is 12.5. The number of hydrogen-bond donors (Lipinski definition) is 0. The molecule has 0 aliphatic rings. The number of hydrogen-bond acceptors (Lipinski definition) is 3. The van der Waals surface area contributed by atoms with Crippen LogP contribution in [0.2, 0.25) is 0 Å². The fourth-order valence-corrected chi connectivity index (χ4v) is 1.69. The van der Waals surface area contributed by atoms with Gasteiger partial charge in [-0.15, -0.1) is 0 Å². The van der Waals surface area contributed by atoms with Crippen molar-refractivity contribution in [1.29, 1.82) is 5.26 Å². The molecule has 2 rings (SSSR count). The van der Waals surface area contributed by atoms with Crippen molar-refractivity contribution in [2.45, 2.75) is 13.0 Å². The summed E-state index contributed by atoms with van der Waals surface area (Å²) < 4.78 is 25.1. The normalized spacial score (nSPS) is 10.8. The minimum Gasteiger partial charge on any atom is -0.390 e. The van der Waals surface area contributed by atoms with E-state index < -0.39 is 6.43 Å². The predicted octanol–water partition coefficient (Wildman–Crippen LogP) is 3.92. The third kappa shape index (κ3) is 4.11. The number of rotatable bonds is 5. The van der Waals surface area contributed by atoms with Crippen LogP contribution in [-0.2, 0) is 11.4 Å². The molecule has 0 atom stereocenters. The van der Waals surface area contributed by atoms with Crippen LogP contribution in [0.15, 0.2) is 53.7 Å². The average molecular weight is 285 g/mol. The fraction of sp³-hybridized carbons (Fsp3) is 0.125. The van der Waals surface area contributed by atoms with Crippen LogP contribution in [0.4, 0.5) is 8.78 Å². The molecule has 1 radical (unpaired) electrons. The maximum atomic E-state index is 12.5. The molecule has 21 heavy (non-hydrogen) atoms. The Kier molecular flexibility index (Phi) is 4.99. The molecule has 0 fully saturated rings. The molecule has 0 aliphatic carbocycles. The van der Waals surface area contributed by atoms with Gasteiger partial charge in [-0.2, -0.15) is 5.26 Å². The third-order valence-corrected chi connectivity index (χ3v) is 2.71. The second-order valence-electron chi connectivity index (χ2n) is 4.18. The standard InChI is InChI=1S/C16H11F2N2O/c17-16(18)13-7-3-4-12(8-13)11-21-20-10-15-6-2-1-5-14(15)9-19/h1-8,16H,11H2. The number of benzene rings is 2. The van der Waals surface area contributed by atoms with E-state index in [1.807, 2.05) is 6.07 Å². The average Bonchev–Trinajstić information content (AvgIpc) is 2.52. The smallest absolute Gasteiger partial charge is 0.263 e. The quantitative estimate of drug-likeness (QED) is 0.617. The summed E-state index contributed by atoms with van der Waals surface area (Å²) in [7, 11) is 0. The van der Waals surface area contributed by atoms with Gasteiger partial charge in [0.05, 0.1) is 11.6 Å². The predicted molar refractivity (Wildman–Crippen MR) is 73.9 cm³/mol. The molecule has 105 valence electrons. The Balaban J connectivity index is 1.97. The van der Waals surface area contributed by atoms with Crippen LogP contribution < -0.4 is 0 Å². The maximum absolute atomic E-state index is 12.5. The SMILES string of the molecule is N#Cc1ccccc1/[C]=N\OCc1cccc(C(F)F)c1. The zero-order chi connectivity index (χ0) is 15.1. The Bertz CT molecular complexity index is 678. The molecule has 2 aromatic rings. The first-order valence-corrected chi connectivity index (χ1v) is 6.15. The molecule has 0 aromatic heterocycles. The van der Waals surface area contributed by atoms with E-state index in [0.717, 1.165) is 0 Å². The number of alkyl halides is 2. The van der Waals surface area contributed by atoms with Crippen LogP contribution in [-0.4, -0.2) is 6.21 Å². The van der Waals surface area contributed by atoms with Gasteiger partial charge in [-0.1, -0.05) is 41.6 Å². The highest BCUT2D eigenvalue weighted by atomic mass is 19.3. The van der Waals surface area contributed by atoms with Crippen LogP contribution in [0.3, 0.4) is 0 Å². The van der Waals surface area contributed by atoms with E-state index in [2.05, 4.69) is 11.4 Å². The Morgan fingerprint density at radius 2 is 1.86 bits per heavy atom. The summed E-state index contributed by atoms with van der Waals surface area (Å²) in [6.07, 6.45) is 0.0924. The molecule has 0 bridgehead atoms. The van der Waals surface area contributed by atoms with Crippen molar-refractivity contribution < 1.29 is 13.6 Å². The molecule has 0 unspecified atom stereocenters. The molecule has 0 saturated carbocycles. The Hall–Kier alpha value is -2.74. The lowest BCUT2D eigenvalue weighted by molar-refractivity contribution is 0.130. The number of nitrogens with zero attached hydrogens (tertiary/aromatic N) is 2. The van der Waals surface area contributed by atoms with Gasteiger partial charge < -0.3 is 4.84 Å². The highest BCUT2D eigenvalue weighted by molar-refractivity contribution is 5.82. The summed E-state index contributed by atoms with van der Waals surface area (Å²) in [5.74, 6) is 0. The Labute approximate surface area is 121 Å². The summed E-state index contributed by atoms with van der Waals surface area (Å²) in [5.41, 5.74) is 1.48. The maximum Gasteiger partial charge on any atom is 0.263 e. The van der Waals surface area contributed by atoms with Gasteiger partial charge in [-0.3, -0.25) is 0 Å². The van der Waals surface area contributed by atoms with Gasteiger partial charge >= 0.3 is 0 Å². The van der Waals surface area contributed by atoms with Crippen LogP contribution in [0.25, 0.3) is 0 Å². The van der Waals surface area contributed by atoms with Gasteiger partial charge in [0, 0.05) is 11.1 Å². The van der Waals surface area contributed by atoms with E-state index in [9.17, 15) is 8.78 Å². The first kappa shape index (κ1) is 14.7. The van der Waals surface area contributed by atoms with Crippen molar-refractivity contribution >= 4 is 6.21 Å². The van der Waals surface area contributed by atoms with Crippen molar-refractivity contribution in [1.82, 2.24) is 0 Å². The van der Waals surface area contributed by atoms with Crippen molar-refractivity contribution in [3.63, 3.8) is 0 Å². The second kappa shape index (κ2) is 7.15. The monoisotopic (exact) mass is 285 g/mol. The minimum absolute atomic E-state index is 0.0566. The molecule has 2 aromatic carbocycles. The first-order valence-electron chi connectivity index (χ1n) is 6.15. The van der Waals surface area contributed by atoms with E-state index in [4.69, 9.17) is 10.1 Å². The molecule has 3 nitrogen and oxygen atoms in total. The summed E-state index contributed by atoms with van der Waals surface area (Å²) in [6.45, 7) is 0.0578. The Morgan fingerprint density at radius 3 is 2.57 bits per heavy atom. The summed E-state index contributed by atoms with van der Waals surface area (Å²) in [4.78, 5) is 5.02. The fourth-order valence-electron chi connectivity index (χ4n) is 1.69. The van der Waals surface area contributed by atoms with Crippen LogP contribution >= 0.6 is 0 Å². The zero-order valence-electron chi connectivity index (χ0n) is 11.0. The lowest BCUT2D eigenvalue weighted by Crippen LogP contribution is -1.92. The second-order valence-corrected chi connectivity index (χ2v) is 4.18. The van der Waals surface area contributed by atoms with E-state index in [-0.39, 0.29) is 12.2 Å². The highest BCUT2D eigenvalue weighted by Gasteiger charge is 2.06. The van der Waals surface area contributed by atoms with E-state index in [1.54, 1.807) is 36.4 Å². The molecule has 0 saturated heterocycles. The molecule has 0 aliphatic heterocycles. The lowest BCUT2D eigenvalue weighted by atomic mass is 10.1. The van der Waals surface area contributed by atoms with Crippen molar-refractivity contribution in [2.24, 2.45) is 5.16 Å². The van der Waals surface area contributed by atoms with Crippen LogP contribution in [0, 0.1) is 11.3 Å². The van der Waals surface area contributed by atoms with E-state index in [1.165, 1.54) is 12.1 Å².